The summed E-state index contributed by atoms with van der Waals surface area (Å²) in [5.74, 6) is 0.559. The van der Waals surface area contributed by atoms with Crippen LogP contribution in [0, 0.1) is 5.92 Å². The molecule has 0 aliphatic carbocycles. The summed E-state index contributed by atoms with van der Waals surface area (Å²) in [5.41, 5.74) is 7.16. The number of nitrogens with two attached hydrogens (primary N) is 1. The second-order valence-electron chi connectivity index (χ2n) is 11.2. The van der Waals surface area contributed by atoms with Gasteiger partial charge in [-0.15, -0.1) is 0 Å². The molecule has 2 aromatic heterocycles. The Bertz CT molecular complexity index is 1660. The van der Waals surface area contributed by atoms with E-state index in [0.29, 0.717) is 29.2 Å². The van der Waals surface area contributed by atoms with Gasteiger partial charge in [0.05, 0.1) is 25.1 Å². The number of aromatic nitrogens is 4. The normalized spacial score (nSPS) is 20.8. The summed E-state index contributed by atoms with van der Waals surface area (Å²) < 4.78 is 39.7. The van der Waals surface area contributed by atoms with Gasteiger partial charge in [-0.1, -0.05) is 43.3 Å². The van der Waals surface area contributed by atoms with Crippen molar-refractivity contribution in [3.63, 3.8) is 0 Å². The van der Waals surface area contributed by atoms with E-state index in [1.54, 1.807) is 39.2 Å². The average molecular weight is 612 g/mol. The highest BCUT2D eigenvalue weighted by atomic mass is 31.2. The molecule has 0 spiro atoms. The number of ether oxygens (including phenoxy) is 2. The van der Waals surface area contributed by atoms with Gasteiger partial charge >= 0.3 is 13.7 Å². The minimum absolute atomic E-state index is 0.0382. The number of carbonyl (C=O) groups is 1. The Labute approximate surface area is 250 Å². The van der Waals surface area contributed by atoms with Gasteiger partial charge in [-0.3, -0.25) is 13.9 Å². The molecule has 3 heterocycles. The van der Waals surface area contributed by atoms with Crippen molar-refractivity contribution in [2.45, 2.75) is 58.6 Å². The topological polar surface area (TPSA) is 156 Å². The molecule has 230 valence electrons. The van der Waals surface area contributed by atoms with E-state index in [1.807, 2.05) is 60.8 Å². The van der Waals surface area contributed by atoms with Crippen molar-refractivity contribution < 1.29 is 27.9 Å². The molecule has 1 aliphatic rings. The number of nitrogen functional groups attached to an aromatic ring is 1. The summed E-state index contributed by atoms with van der Waals surface area (Å²) in [5, 5.41) is 4.42. The maximum atomic E-state index is 14.2. The first kappa shape index (κ1) is 30.7. The third kappa shape index (κ3) is 6.75. The molecule has 3 N–H and O–H groups in total. The summed E-state index contributed by atoms with van der Waals surface area (Å²) in [4.78, 5) is 27.7. The molecule has 5 rings (SSSR count). The zero-order valence-corrected chi connectivity index (χ0v) is 26.0. The zero-order valence-electron chi connectivity index (χ0n) is 25.1. The van der Waals surface area contributed by atoms with Crippen LogP contribution in [0.1, 0.15) is 40.3 Å². The highest BCUT2D eigenvalue weighted by Gasteiger charge is 2.39. The number of esters is 1. The van der Waals surface area contributed by atoms with Crippen LogP contribution in [-0.2, 0) is 23.4 Å². The fourth-order valence-electron chi connectivity index (χ4n) is 5.08. The van der Waals surface area contributed by atoms with Crippen molar-refractivity contribution in [2.75, 3.05) is 31.3 Å². The molecule has 1 saturated heterocycles. The summed E-state index contributed by atoms with van der Waals surface area (Å²) in [6.45, 7) is 7.02. The molecule has 0 saturated carbocycles. The molecular weight excluding hydrogens is 573 g/mol. The van der Waals surface area contributed by atoms with Crippen LogP contribution in [0.4, 0.5) is 11.8 Å². The third-order valence-corrected chi connectivity index (χ3v) is 8.66. The summed E-state index contributed by atoms with van der Waals surface area (Å²) in [6, 6.07) is 12.0. The summed E-state index contributed by atoms with van der Waals surface area (Å²) in [7, 11) is -0.388. The van der Waals surface area contributed by atoms with Gasteiger partial charge in [0.25, 0.3) is 0 Å². The number of anilines is 2. The molecule has 5 atom stereocenters. The van der Waals surface area contributed by atoms with Crippen LogP contribution >= 0.6 is 7.75 Å². The van der Waals surface area contributed by atoms with E-state index in [1.165, 1.54) is 0 Å². The molecular formula is C29H38N7O6P. The first-order valence-corrected chi connectivity index (χ1v) is 15.7. The smallest absolute Gasteiger partial charge is 0.459 e. The quantitative estimate of drug-likeness (QED) is 0.179. The summed E-state index contributed by atoms with van der Waals surface area (Å²) >= 11 is 0. The van der Waals surface area contributed by atoms with Gasteiger partial charge in [-0.05, 0) is 38.6 Å². The maximum absolute atomic E-state index is 14.2. The Hall–Kier alpha value is -3.77. The van der Waals surface area contributed by atoms with Crippen LogP contribution in [0.3, 0.4) is 0 Å². The lowest BCUT2D eigenvalue weighted by Crippen LogP contribution is -2.36. The fourth-order valence-corrected chi connectivity index (χ4v) is 6.62. The molecule has 4 aromatic rings. The lowest BCUT2D eigenvalue weighted by molar-refractivity contribution is -0.149. The first-order chi connectivity index (χ1) is 20.4. The van der Waals surface area contributed by atoms with Crippen LogP contribution in [0.2, 0.25) is 0 Å². The average Bonchev–Trinajstić information content (AvgIpc) is 3.53. The van der Waals surface area contributed by atoms with E-state index in [2.05, 4.69) is 20.0 Å². The van der Waals surface area contributed by atoms with Gasteiger partial charge in [0, 0.05) is 25.4 Å². The number of hydrogen-bond donors (Lipinski definition) is 2. The number of rotatable bonds is 11. The molecule has 0 bridgehead atoms. The molecule has 1 unspecified atom stereocenters. The fraction of sp³-hybridized carbons (Fsp3) is 0.448. The Kier molecular flexibility index (Phi) is 8.89. The van der Waals surface area contributed by atoms with Gasteiger partial charge in [-0.2, -0.15) is 15.1 Å². The Balaban J connectivity index is 1.36. The lowest BCUT2D eigenvalue weighted by atomic mass is 10.1. The standard InChI is InChI=1S/C29H38N7O6P/c1-17(2)40-28(37)19(4)34-43(38,42-23-13-9-11-20-10-7-8-12-22(20)23)39-15-21-14-18(3)27(41-21)36-16-31-24-25(35(5)6)32-29(30)33-26(24)36/h7-13,16-19,21,27H,14-15H2,1-6H3,(H,34,38)(H2,30,32,33)/t18-,19+,21-,27+,43?/m0/s1. The lowest BCUT2D eigenvalue weighted by Gasteiger charge is -2.25. The SMILES string of the molecule is CC(C)OC(=O)[C@@H](C)NP(=O)(OC[C@@H]1C[C@H](C)[C@H](n2cnc3c(N(C)C)nc(N)nc32)O1)Oc1cccc2ccccc12. The van der Waals surface area contributed by atoms with Crippen LogP contribution in [0.15, 0.2) is 48.8 Å². The molecule has 0 amide bonds. The van der Waals surface area contributed by atoms with Crippen molar-refractivity contribution in [1.29, 1.82) is 0 Å². The van der Waals surface area contributed by atoms with E-state index >= 15 is 0 Å². The number of fused-ring (bicyclic) bond motifs is 2. The third-order valence-electron chi connectivity index (χ3n) is 7.03. The van der Waals surface area contributed by atoms with E-state index in [9.17, 15) is 9.36 Å². The Morgan fingerprint density at radius 2 is 1.93 bits per heavy atom. The van der Waals surface area contributed by atoms with E-state index < -0.39 is 32.1 Å². The number of nitrogens with one attached hydrogen (secondary N) is 1. The first-order valence-electron chi connectivity index (χ1n) is 14.2. The van der Waals surface area contributed by atoms with Gasteiger partial charge in [0.15, 0.2) is 17.0 Å². The number of benzene rings is 2. The van der Waals surface area contributed by atoms with Crippen molar-refractivity contribution in [2.24, 2.45) is 5.92 Å². The number of nitrogens with zero attached hydrogens (tertiary/aromatic N) is 5. The summed E-state index contributed by atoms with van der Waals surface area (Å²) in [6.07, 6.45) is 1.07. The predicted octanol–water partition coefficient (Wildman–Crippen LogP) is 4.68. The minimum Gasteiger partial charge on any atom is -0.462 e. The van der Waals surface area contributed by atoms with Crippen molar-refractivity contribution in [1.82, 2.24) is 24.6 Å². The molecule has 0 radical (unpaired) electrons. The monoisotopic (exact) mass is 611 g/mol. The van der Waals surface area contributed by atoms with E-state index in [0.717, 1.165) is 10.8 Å². The van der Waals surface area contributed by atoms with Crippen LogP contribution in [0.5, 0.6) is 5.75 Å². The predicted molar refractivity (Wildman–Crippen MR) is 164 cm³/mol. The Morgan fingerprint density at radius 3 is 2.67 bits per heavy atom. The second kappa shape index (κ2) is 12.5. The van der Waals surface area contributed by atoms with Crippen LogP contribution in [0.25, 0.3) is 21.9 Å². The molecule has 14 heteroatoms. The van der Waals surface area contributed by atoms with Gasteiger partial charge in [0.1, 0.15) is 18.0 Å². The molecule has 43 heavy (non-hydrogen) atoms. The van der Waals surface area contributed by atoms with Crippen LogP contribution in [-0.4, -0.2) is 64.4 Å². The highest BCUT2D eigenvalue weighted by Crippen LogP contribution is 2.48. The molecule has 1 aliphatic heterocycles. The second-order valence-corrected chi connectivity index (χ2v) is 12.9. The van der Waals surface area contributed by atoms with Gasteiger partial charge in [-0.25, -0.2) is 9.55 Å². The number of hydrogen-bond acceptors (Lipinski definition) is 11. The van der Waals surface area contributed by atoms with Crippen LogP contribution < -0.4 is 20.2 Å². The Morgan fingerprint density at radius 1 is 1.19 bits per heavy atom. The molecule has 2 aromatic carbocycles. The number of imidazole rings is 1. The highest BCUT2D eigenvalue weighted by molar-refractivity contribution is 7.52. The minimum atomic E-state index is -4.11. The van der Waals surface area contributed by atoms with Crippen molar-refractivity contribution in [3.05, 3.63) is 48.8 Å². The number of carbonyl (C=O) groups excluding carboxylic acids is 1. The zero-order chi connectivity index (χ0) is 30.9. The maximum Gasteiger partial charge on any atom is 0.459 e. The van der Waals surface area contributed by atoms with Gasteiger partial charge in [0.2, 0.25) is 5.95 Å². The molecule has 1 fully saturated rings. The van der Waals surface area contributed by atoms with Crippen molar-refractivity contribution in [3.8, 4) is 5.75 Å². The van der Waals surface area contributed by atoms with E-state index in [-0.39, 0.29) is 24.6 Å². The van der Waals surface area contributed by atoms with Crippen molar-refractivity contribution >= 4 is 47.4 Å². The molecule has 13 nitrogen and oxygen atoms in total. The van der Waals surface area contributed by atoms with E-state index in [4.69, 9.17) is 24.3 Å². The van der Waals surface area contributed by atoms with Gasteiger partial charge < -0.3 is 24.6 Å². The largest absolute Gasteiger partial charge is 0.462 e.